The highest BCUT2D eigenvalue weighted by Crippen LogP contribution is 2.29. The number of fused-ring (bicyclic) bond motifs is 1. The van der Waals surface area contributed by atoms with E-state index in [0.29, 0.717) is 36.2 Å². The molecule has 112 valence electrons. The third-order valence-electron chi connectivity index (χ3n) is 4.38. The lowest BCUT2D eigenvalue weighted by Gasteiger charge is -2.43. The maximum Gasteiger partial charge on any atom is 0.283 e. The summed E-state index contributed by atoms with van der Waals surface area (Å²) in [5, 5.41) is 8.20. The van der Waals surface area contributed by atoms with Crippen LogP contribution in [0.4, 0.5) is 0 Å². The lowest BCUT2D eigenvalue weighted by atomic mass is 9.90. The molecule has 6 nitrogen and oxygen atoms in total. The Morgan fingerprint density at radius 1 is 1.24 bits per heavy atom. The first kappa shape index (κ1) is 13.0. The molecular weight excluding hydrogens is 270 g/mol. The van der Waals surface area contributed by atoms with Gasteiger partial charge in [-0.25, -0.2) is 0 Å². The summed E-state index contributed by atoms with van der Waals surface area (Å²) in [5.41, 5.74) is 0. The molecule has 1 aliphatic carbocycles. The first-order chi connectivity index (χ1) is 10.4. The third-order valence-corrected chi connectivity index (χ3v) is 4.38. The molecule has 0 bridgehead atoms. The molecule has 6 heteroatoms. The minimum Gasteiger partial charge on any atom is -0.459 e. The van der Waals surface area contributed by atoms with Gasteiger partial charge in [-0.3, -0.25) is 4.90 Å². The van der Waals surface area contributed by atoms with Gasteiger partial charge in [-0.15, -0.1) is 10.2 Å². The number of ether oxygens (including phenoxy) is 1. The second kappa shape index (κ2) is 5.61. The minimum atomic E-state index is 0.375. The van der Waals surface area contributed by atoms with Crippen molar-refractivity contribution in [3.63, 3.8) is 0 Å². The first-order valence-electron chi connectivity index (χ1n) is 7.62. The number of hydrogen-bond acceptors (Lipinski definition) is 6. The van der Waals surface area contributed by atoms with Crippen LogP contribution in [0, 0.1) is 0 Å². The fourth-order valence-corrected chi connectivity index (χ4v) is 3.36. The van der Waals surface area contributed by atoms with E-state index in [2.05, 4.69) is 15.1 Å². The van der Waals surface area contributed by atoms with Gasteiger partial charge in [0.1, 0.15) is 0 Å². The summed E-state index contributed by atoms with van der Waals surface area (Å²) in [6, 6.07) is 4.13. The van der Waals surface area contributed by atoms with Crippen LogP contribution in [0.1, 0.15) is 31.6 Å². The highest BCUT2D eigenvalue weighted by Gasteiger charge is 2.34. The topological polar surface area (TPSA) is 64.5 Å². The third kappa shape index (κ3) is 2.61. The maximum atomic E-state index is 5.89. The van der Waals surface area contributed by atoms with Crippen molar-refractivity contribution in [2.45, 2.75) is 44.4 Å². The van der Waals surface area contributed by atoms with Crippen molar-refractivity contribution in [3.05, 3.63) is 24.3 Å². The van der Waals surface area contributed by atoms with E-state index >= 15 is 0 Å². The quantitative estimate of drug-likeness (QED) is 0.865. The predicted octanol–water partition coefficient (Wildman–Crippen LogP) is 2.47. The summed E-state index contributed by atoms with van der Waals surface area (Å²) in [5.74, 6) is 1.71. The van der Waals surface area contributed by atoms with E-state index in [9.17, 15) is 0 Å². The zero-order chi connectivity index (χ0) is 14.1. The Balaban J connectivity index is 1.47. The Bertz CT molecular complexity index is 579. The van der Waals surface area contributed by atoms with Crippen molar-refractivity contribution in [2.75, 3.05) is 13.2 Å². The average molecular weight is 289 g/mol. The molecule has 21 heavy (non-hydrogen) atoms. The maximum absolute atomic E-state index is 5.89. The van der Waals surface area contributed by atoms with E-state index in [-0.39, 0.29) is 0 Å². The Hall–Kier alpha value is -1.66. The van der Waals surface area contributed by atoms with Crippen LogP contribution in [-0.4, -0.2) is 40.4 Å². The smallest absolute Gasteiger partial charge is 0.283 e. The minimum absolute atomic E-state index is 0.375. The monoisotopic (exact) mass is 289 g/mol. The summed E-state index contributed by atoms with van der Waals surface area (Å²) in [6.07, 6.45) is 6.90. The Morgan fingerprint density at radius 2 is 2.19 bits per heavy atom. The van der Waals surface area contributed by atoms with Gasteiger partial charge in [0, 0.05) is 12.6 Å². The van der Waals surface area contributed by atoms with Crippen LogP contribution in [-0.2, 0) is 11.3 Å². The lowest BCUT2D eigenvalue weighted by Crippen LogP contribution is -2.52. The molecule has 2 fully saturated rings. The summed E-state index contributed by atoms with van der Waals surface area (Å²) < 4.78 is 16.9. The largest absolute Gasteiger partial charge is 0.459 e. The van der Waals surface area contributed by atoms with Crippen LogP contribution in [0.5, 0.6) is 0 Å². The molecule has 1 aliphatic heterocycles. The standard InChI is InChI=1S/C15H19N3O3/c1-2-5-12-11(4-1)18(7-9-20-12)10-14-16-17-15(21-14)13-6-3-8-19-13/h3,6,8,11-12H,1-2,4-5,7,9-10H2/t11-,12-/m0/s1. The van der Waals surface area contributed by atoms with Gasteiger partial charge in [-0.2, -0.15) is 0 Å². The Kier molecular flexibility index (Phi) is 3.48. The first-order valence-corrected chi connectivity index (χ1v) is 7.62. The molecule has 1 saturated carbocycles. The molecule has 2 aliphatic rings. The van der Waals surface area contributed by atoms with E-state index in [1.165, 1.54) is 25.7 Å². The highest BCUT2D eigenvalue weighted by atomic mass is 16.5. The number of hydrogen-bond donors (Lipinski definition) is 0. The fraction of sp³-hybridized carbons (Fsp3) is 0.600. The van der Waals surface area contributed by atoms with E-state index in [0.717, 1.165) is 13.2 Å². The second-order valence-electron chi connectivity index (χ2n) is 5.71. The van der Waals surface area contributed by atoms with Crippen molar-refractivity contribution < 1.29 is 13.6 Å². The molecule has 0 radical (unpaired) electrons. The van der Waals surface area contributed by atoms with E-state index in [1.807, 2.05) is 12.1 Å². The van der Waals surface area contributed by atoms with E-state index in [4.69, 9.17) is 13.6 Å². The summed E-state index contributed by atoms with van der Waals surface area (Å²) in [7, 11) is 0. The zero-order valence-electron chi connectivity index (χ0n) is 11.9. The molecule has 0 unspecified atom stereocenters. The summed E-state index contributed by atoms with van der Waals surface area (Å²) in [4.78, 5) is 2.42. The van der Waals surface area contributed by atoms with Crippen molar-refractivity contribution in [2.24, 2.45) is 0 Å². The van der Waals surface area contributed by atoms with Gasteiger partial charge in [0.25, 0.3) is 5.89 Å². The van der Waals surface area contributed by atoms with Gasteiger partial charge in [-0.1, -0.05) is 12.8 Å². The van der Waals surface area contributed by atoms with Crippen LogP contribution >= 0.6 is 0 Å². The van der Waals surface area contributed by atoms with Crippen molar-refractivity contribution in [1.29, 1.82) is 0 Å². The average Bonchev–Trinajstić information content (AvgIpc) is 3.18. The molecule has 1 saturated heterocycles. The fourth-order valence-electron chi connectivity index (χ4n) is 3.36. The lowest BCUT2D eigenvalue weighted by molar-refractivity contribution is -0.0930. The SMILES string of the molecule is c1coc(-c2nnc(CN3CCO[C@H]4CCCC[C@@H]43)o2)c1. The molecule has 3 heterocycles. The number of aromatic nitrogens is 2. The normalized spacial score (nSPS) is 26.7. The molecule has 0 aromatic carbocycles. The molecule has 2 aromatic heterocycles. The van der Waals surface area contributed by atoms with Crippen molar-refractivity contribution >= 4 is 0 Å². The highest BCUT2D eigenvalue weighted by molar-refractivity contribution is 5.42. The van der Waals surface area contributed by atoms with Gasteiger partial charge in [0.05, 0.1) is 25.5 Å². The van der Waals surface area contributed by atoms with Gasteiger partial charge >= 0.3 is 0 Å². The molecule has 2 aromatic rings. The predicted molar refractivity (Wildman–Crippen MR) is 74.4 cm³/mol. The molecular formula is C15H19N3O3. The number of rotatable bonds is 3. The second-order valence-corrected chi connectivity index (χ2v) is 5.71. The molecule has 0 spiro atoms. The van der Waals surface area contributed by atoms with Crippen LogP contribution in [0.25, 0.3) is 11.7 Å². The van der Waals surface area contributed by atoms with Gasteiger partial charge < -0.3 is 13.6 Å². The summed E-state index contributed by atoms with van der Waals surface area (Å²) in [6.45, 7) is 2.41. The van der Waals surface area contributed by atoms with Gasteiger partial charge in [0.2, 0.25) is 5.89 Å². The van der Waals surface area contributed by atoms with Crippen molar-refractivity contribution in [3.8, 4) is 11.7 Å². The molecule has 4 rings (SSSR count). The van der Waals surface area contributed by atoms with Crippen LogP contribution < -0.4 is 0 Å². The van der Waals surface area contributed by atoms with E-state index in [1.54, 1.807) is 6.26 Å². The van der Waals surface area contributed by atoms with Crippen molar-refractivity contribution in [1.82, 2.24) is 15.1 Å². The van der Waals surface area contributed by atoms with Crippen LogP contribution in [0.3, 0.4) is 0 Å². The van der Waals surface area contributed by atoms with Crippen LogP contribution in [0.2, 0.25) is 0 Å². The Morgan fingerprint density at radius 3 is 3.10 bits per heavy atom. The summed E-state index contributed by atoms with van der Waals surface area (Å²) >= 11 is 0. The number of furan rings is 1. The van der Waals surface area contributed by atoms with Gasteiger partial charge in [-0.05, 0) is 25.0 Å². The zero-order valence-corrected chi connectivity index (χ0v) is 11.9. The number of morpholine rings is 1. The molecule has 2 atom stereocenters. The molecule has 0 amide bonds. The van der Waals surface area contributed by atoms with Gasteiger partial charge in [0.15, 0.2) is 5.76 Å². The van der Waals surface area contributed by atoms with Crippen LogP contribution in [0.15, 0.2) is 27.2 Å². The Labute approximate surface area is 123 Å². The van der Waals surface area contributed by atoms with E-state index < -0.39 is 0 Å². The molecule has 0 N–H and O–H groups in total. The number of nitrogens with zero attached hydrogens (tertiary/aromatic N) is 3.